The van der Waals surface area contributed by atoms with Crippen molar-refractivity contribution in [2.45, 2.75) is 6.61 Å². The topological polar surface area (TPSA) is 115 Å². The molecule has 0 radical (unpaired) electrons. The molecule has 0 saturated heterocycles. The van der Waals surface area contributed by atoms with Gasteiger partial charge in [0, 0.05) is 18.5 Å². The highest BCUT2D eigenvalue weighted by molar-refractivity contribution is 5.92. The quantitative estimate of drug-likeness (QED) is 0.651. The molecule has 1 N–H and O–H groups in total. The summed E-state index contributed by atoms with van der Waals surface area (Å²) in [6, 6.07) is 5.30. The van der Waals surface area contributed by atoms with E-state index in [0.29, 0.717) is 5.82 Å². The van der Waals surface area contributed by atoms with Crippen molar-refractivity contribution in [3.8, 4) is 5.75 Å². The second kappa shape index (κ2) is 5.74. The first-order chi connectivity index (χ1) is 9.59. The van der Waals surface area contributed by atoms with Crippen molar-refractivity contribution >= 4 is 11.7 Å². The summed E-state index contributed by atoms with van der Waals surface area (Å²) in [6.07, 6.45) is 2.98. The summed E-state index contributed by atoms with van der Waals surface area (Å²) < 4.78 is 5.23. The van der Waals surface area contributed by atoms with E-state index in [1.807, 2.05) is 0 Å². The molecule has 20 heavy (non-hydrogen) atoms. The highest BCUT2D eigenvalue weighted by Crippen LogP contribution is 2.31. The maximum Gasteiger partial charge on any atom is 0.339 e. The molecule has 0 fully saturated rings. The standard InChI is InChI=1S/C12H9N3O5/c16-12(17)8-3-1-4-9(15(18)19)11(8)20-7-10-13-5-2-6-14-10/h1-6H,7H2,(H,16,17). The van der Waals surface area contributed by atoms with Gasteiger partial charge in [0.2, 0.25) is 5.75 Å². The van der Waals surface area contributed by atoms with E-state index in [9.17, 15) is 14.9 Å². The van der Waals surface area contributed by atoms with Gasteiger partial charge < -0.3 is 9.84 Å². The van der Waals surface area contributed by atoms with Crippen LogP contribution in [0.3, 0.4) is 0 Å². The van der Waals surface area contributed by atoms with Gasteiger partial charge in [0.25, 0.3) is 0 Å². The number of ether oxygens (including phenoxy) is 1. The van der Waals surface area contributed by atoms with Crippen LogP contribution in [0.1, 0.15) is 16.2 Å². The lowest BCUT2D eigenvalue weighted by atomic mass is 10.2. The minimum atomic E-state index is -1.31. The maximum absolute atomic E-state index is 11.1. The van der Waals surface area contributed by atoms with Crippen molar-refractivity contribution < 1.29 is 19.6 Å². The first-order valence-electron chi connectivity index (χ1n) is 5.49. The Labute approximate surface area is 112 Å². The third-order valence-corrected chi connectivity index (χ3v) is 2.39. The lowest BCUT2D eigenvalue weighted by Crippen LogP contribution is -2.07. The average molecular weight is 275 g/mol. The second-order valence-electron chi connectivity index (χ2n) is 3.67. The molecule has 0 atom stereocenters. The van der Waals surface area contributed by atoms with Crippen LogP contribution in [0, 0.1) is 10.1 Å². The van der Waals surface area contributed by atoms with Crippen LogP contribution in [0.25, 0.3) is 0 Å². The summed E-state index contributed by atoms with van der Waals surface area (Å²) in [6.45, 7) is -0.161. The normalized spacial score (nSPS) is 10.0. The fourth-order valence-electron chi connectivity index (χ4n) is 1.53. The van der Waals surface area contributed by atoms with E-state index in [4.69, 9.17) is 9.84 Å². The molecule has 1 aromatic carbocycles. The van der Waals surface area contributed by atoms with Gasteiger partial charge in [-0.1, -0.05) is 6.07 Å². The molecule has 0 saturated carbocycles. The van der Waals surface area contributed by atoms with Gasteiger partial charge in [0.15, 0.2) is 5.82 Å². The number of aromatic carboxylic acids is 1. The van der Waals surface area contributed by atoms with Gasteiger partial charge in [-0.2, -0.15) is 0 Å². The Kier molecular flexibility index (Phi) is 3.85. The van der Waals surface area contributed by atoms with Crippen molar-refractivity contribution in [3.05, 3.63) is 58.2 Å². The highest BCUT2D eigenvalue weighted by atomic mass is 16.6. The van der Waals surface area contributed by atoms with Gasteiger partial charge in [-0.15, -0.1) is 0 Å². The van der Waals surface area contributed by atoms with Crippen LogP contribution >= 0.6 is 0 Å². The summed E-state index contributed by atoms with van der Waals surface area (Å²) in [5.74, 6) is -1.32. The van der Waals surface area contributed by atoms with Crippen LogP contribution < -0.4 is 4.74 Å². The number of hydrogen-bond donors (Lipinski definition) is 1. The number of hydrogen-bond acceptors (Lipinski definition) is 6. The summed E-state index contributed by atoms with van der Waals surface area (Å²) in [4.78, 5) is 29.1. The van der Waals surface area contributed by atoms with Gasteiger partial charge in [0.1, 0.15) is 12.2 Å². The Morgan fingerprint density at radius 2 is 2.00 bits per heavy atom. The molecular weight excluding hydrogens is 266 g/mol. The molecule has 2 aromatic rings. The number of nitro groups is 1. The van der Waals surface area contributed by atoms with Crippen LogP contribution in [0.15, 0.2) is 36.7 Å². The van der Waals surface area contributed by atoms with Gasteiger partial charge >= 0.3 is 11.7 Å². The van der Waals surface area contributed by atoms with Gasteiger partial charge in [-0.05, 0) is 12.1 Å². The zero-order chi connectivity index (χ0) is 14.5. The zero-order valence-electron chi connectivity index (χ0n) is 10.1. The Morgan fingerprint density at radius 3 is 2.60 bits per heavy atom. The molecule has 0 aliphatic rings. The average Bonchev–Trinajstić information content (AvgIpc) is 2.45. The van der Waals surface area contributed by atoms with E-state index in [1.54, 1.807) is 6.07 Å². The van der Waals surface area contributed by atoms with E-state index in [0.717, 1.165) is 0 Å². The molecule has 8 heteroatoms. The number of carboxylic acid groups (broad SMARTS) is 1. The highest BCUT2D eigenvalue weighted by Gasteiger charge is 2.23. The van der Waals surface area contributed by atoms with Crippen molar-refractivity contribution in [2.75, 3.05) is 0 Å². The molecule has 1 heterocycles. The molecule has 0 aliphatic heterocycles. The van der Waals surface area contributed by atoms with Crippen LogP contribution in [0.5, 0.6) is 5.75 Å². The molecule has 1 aromatic heterocycles. The molecule has 0 bridgehead atoms. The maximum atomic E-state index is 11.1. The number of aromatic nitrogens is 2. The predicted molar refractivity (Wildman–Crippen MR) is 66.4 cm³/mol. The number of nitrogens with zero attached hydrogens (tertiary/aromatic N) is 3. The fourth-order valence-corrected chi connectivity index (χ4v) is 1.53. The first-order valence-corrected chi connectivity index (χ1v) is 5.49. The molecule has 102 valence electrons. The van der Waals surface area contributed by atoms with Crippen molar-refractivity contribution in [2.24, 2.45) is 0 Å². The number of nitro benzene ring substituents is 1. The van der Waals surface area contributed by atoms with E-state index in [-0.39, 0.29) is 17.9 Å². The van der Waals surface area contributed by atoms with E-state index in [1.165, 1.54) is 30.6 Å². The molecular formula is C12H9N3O5. The summed E-state index contributed by atoms with van der Waals surface area (Å²) in [5.41, 5.74) is -0.698. The second-order valence-corrected chi connectivity index (χ2v) is 3.67. The smallest absolute Gasteiger partial charge is 0.339 e. The lowest BCUT2D eigenvalue weighted by Gasteiger charge is -2.08. The summed E-state index contributed by atoms with van der Waals surface area (Å²) in [7, 11) is 0. The third kappa shape index (κ3) is 2.86. The SMILES string of the molecule is O=C(O)c1cccc([N+](=O)[O-])c1OCc1ncccn1. The third-order valence-electron chi connectivity index (χ3n) is 2.39. The lowest BCUT2D eigenvalue weighted by molar-refractivity contribution is -0.386. The van der Waals surface area contributed by atoms with E-state index >= 15 is 0 Å². The van der Waals surface area contributed by atoms with Crippen LogP contribution in [0.2, 0.25) is 0 Å². The van der Waals surface area contributed by atoms with Gasteiger partial charge in [0.05, 0.1) is 4.92 Å². The molecule has 0 amide bonds. The van der Waals surface area contributed by atoms with Crippen molar-refractivity contribution in [3.63, 3.8) is 0 Å². The minimum Gasteiger partial charge on any atom is -0.478 e. The largest absolute Gasteiger partial charge is 0.478 e. The minimum absolute atomic E-state index is 0.161. The predicted octanol–water partition coefficient (Wildman–Crippen LogP) is 1.66. The Bertz CT molecular complexity index is 613. The van der Waals surface area contributed by atoms with Crippen molar-refractivity contribution in [1.82, 2.24) is 9.97 Å². The number of carbonyl (C=O) groups is 1. The van der Waals surface area contributed by atoms with Gasteiger partial charge in [-0.25, -0.2) is 14.8 Å². The summed E-state index contributed by atoms with van der Waals surface area (Å²) >= 11 is 0. The Balaban J connectivity index is 2.33. The number of para-hydroxylation sites is 1. The number of carboxylic acids is 1. The van der Waals surface area contributed by atoms with Crippen LogP contribution in [-0.2, 0) is 6.61 Å². The number of rotatable bonds is 5. The van der Waals surface area contributed by atoms with Crippen LogP contribution in [0.4, 0.5) is 5.69 Å². The monoisotopic (exact) mass is 275 g/mol. The Hall–Kier alpha value is -3.03. The molecule has 2 rings (SSSR count). The van der Waals surface area contributed by atoms with Crippen LogP contribution in [-0.4, -0.2) is 26.0 Å². The number of benzene rings is 1. The van der Waals surface area contributed by atoms with Crippen molar-refractivity contribution in [1.29, 1.82) is 0 Å². The Morgan fingerprint density at radius 1 is 1.30 bits per heavy atom. The summed E-state index contributed by atoms with van der Waals surface area (Å²) in [5, 5.41) is 19.9. The van der Waals surface area contributed by atoms with E-state index in [2.05, 4.69) is 9.97 Å². The molecule has 8 nitrogen and oxygen atoms in total. The molecule has 0 unspecified atom stereocenters. The molecule has 0 spiro atoms. The first kappa shape index (κ1) is 13.4. The zero-order valence-corrected chi connectivity index (χ0v) is 10.1. The molecule has 0 aliphatic carbocycles. The fraction of sp³-hybridized carbons (Fsp3) is 0.0833. The van der Waals surface area contributed by atoms with E-state index < -0.39 is 16.6 Å². The van der Waals surface area contributed by atoms with Gasteiger partial charge in [-0.3, -0.25) is 10.1 Å².